The average Bonchev–Trinajstić information content (AvgIpc) is 2.37. The van der Waals surface area contributed by atoms with Gasteiger partial charge < -0.3 is 20.1 Å². The highest BCUT2D eigenvalue weighted by Crippen LogP contribution is 2.20. The lowest BCUT2D eigenvalue weighted by molar-refractivity contribution is 0.00925. The number of hydrogen-bond acceptors (Lipinski definition) is 4. The summed E-state index contributed by atoms with van der Waals surface area (Å²) in [5.74, 6) is 0.369. The maximum atomic E-state index is 12.3. The van der Waals surface area contributed by atoms with Crippen LogP contribution in [0.1, 0.15) is 53.9 Å². The third kappa shape index (κ3) is 6.22. The topological polar surface area (TPSA) is 61.8 Å². The number of piperidine rings is 1. The van der Waals surface area contributed by atoms with E-state index in [0.717, 1.165) is 25.8 Å². The Labute approximate surface area is 129 Å². The van der Waals surface area contributed by atoms with Crippen molar-refractivity contribution in [2.75, 3.05) is 19.7 Å². The van der Waals surface area contributed by atoms with Crippen LogP contribution >= 0.6 is 0 Å². The third-order valence-corrected chi connectivity index (χ3v) is 3.87. The van der Waals surface area contributed by atoms with Crippen molar-refractivity contribution in [2.24, 2.45) is 5.92 Å². The maximum Gasteiger partial charge on any atom is 0.410 e. The Morgan fingerprint density at radius 3 is 2.57 bits per heavy atom. The van der Waals surface area contributed by atoms with Crippen molar-refractivity contribution in [2.45, 2.75) is 71.6 Å². The molecule has 1 amide bonds. The van der Waals surface area contributed by atoms with Gasteiger partial charge in [-0.1, -0.05) is 13.8 Å². The Morgan fingerprint density at radius 1 is 1.38 bits per heavy atom. The molecule has 1 aliphatic heterocycles. The predicted molar refractivity (Wildman–Crippen MR) is 84.3 cm³/mol. The molecule has 1 saturated heterocycles. The zero-order valence-electron chi connectivity index (χ0n) is 14.2. The first-order chi connectivity index (χ1) is 9.74. The van der Waals surface area contributed by atoms with Gasteiger partial charge in [0.05, 0.1) is 6.61 Å². The number of amides is 1. The molecule has 0 aliphatic carbocycles. The Kier molecular flexibility index (Phi) is 6.94. The lowest BCUT2D eigenvalue weighted by Crippen LogP contribution is -2.52. The molecule has 2 atom stereocenters. The number of ether oxygens (including phenoxy) is 1. The fraction of sp³-hybridized carbons (Fsp3) is 0.938. The lowest BCUT2D eigenvalue weighted by atomic mass is 10.0. The van der Waals surface area contributed by atoms with Crippen molar-refractivity contribution in [3.63, 3.8) is 0 Å². The number of hydrogen-bond donors (Lipinski definition) is 2. The van der Waals surface area contributed by atoms with Crippen LogP contribution in [0.4, 0.5) is 4.79 Å². The molecule has 124 valence electrons. The number of carbonyl (C=O) groups excluding carboxylic acids is 1. The SMILES string of the molecule is CC(C)C(CO)NCC1CCCCN1C(=O)OC(C)(C)C. The molecule has 0 radical (unpaired) electrons. The highest BCUT2D eigenvalue weighted by Gasteiger charge is 2.30. The lowest BCUT2D eigenvalue weighted by Gasteiger charge is -2.37. The Bertz CT molecular complexity index is 326. The largest absolute Gasteiger partial charge is 0.444 e. The average molecular weight is 300 g/mol. The van der Waals surface area contributed by atoms with E-state index in [1.165, 1.54) is 0 Å². The van der Waals surface area contributed by atoms with Gasteiger partial charge in [0.2, 0.25) is 0 Å². The first kappa shape index (κ1) is 18.2. The number of nitrogens with one attached hydrogen (secondary N) is 1. The van der Waals surface area contributed by atoms with Crippen molar-refractivity contribution >= 4 is 6.09 Å². The zero-order valence-corrected chi connectivity index (χ0v) is 14.2. The van der Waals surface area contributed by atoms with Crippen molar-refractivity contribution in [1.29, 1.82) is 0 Å². The molecule has 0 aromatic carbocycles. The second-order valence-electron chi connectivity index (χ2n) is 7.26. The molecule has 1 heterocycles. The summed E-state index contributed by atoms with van der Waals surface area (Å²) in [6.07, 6.45) is 2.93. The Balaban J connectivity index is 2.58. The van der Waals surface area contributed by atoms with Crippen LogP contribution in [0, 0.1) is 5.92 Å². The molecule has 0 saturated carbocycles. The molecule has 2 unspecified atom stereocenters. The number of aliphatic hydroxyl groups is 1. The molecule has 0 spiro atoms. The summed E-state index contributed by atoms with van der Waals surface area (Å²) in [4.78, 5) is 14.1. The summed E-state index contributed by atoms with van der Waals surface area (Å²) in [5, 5.41) is 12.8. The van der Waals surface area contributed by atoms with E-state index < -0.39 is 5.60 Å². The van der Waals surface area contributed by atoms with Gasteiger partial charge in [0, 0.05) is 25.2 Å². The Morgan fingerprint density at radius 2 is 2.05 bits per heavy atom. The summed E-state index contributed by atoms with van der Waals surface area (Å²) >= 11 is 0. The molecule has 0 aromatic rings. The molecule has 0 aromatic heterocycles. The van der Waals surface area contributed by atoms with Crippen molar-refractivity contribution in [3.8, 4) is 0 Å². The summed E-state index contributed by atoms with van der Waals surface area (Å²) in [5.41, 5.74) is -0.460. The first-order valence-electron chi connectivity index (χ1n) is 8.08. The predicted octanol–water partition coefficient (Wildman–Crippen LogP) is 2.38. The van der Waals surface area contributed by atoms with Crippen LogP contribution in [0.2, 0.25) is 0 Å². The van der Waals surface area contributed by atoms with Crippen LogP contribution in [0.3, 0.4) is 0 Å². The fourth-order valence-electron chi connectivity index (χ4n) is 2.57. The van der Waals surface area contributed by atoms with Crippen molar-refractivity contribution < 1.29 is 14.6 Å². The molecule has 1 rings (SSSR count). The van der Waals surface area contributed by atoms with Crippen LogP contribution in [0.25, 0.3) is 0 Å². The molecule has 0 bridgehead atoms. The number of rotatable bonds is 5. The van der Waals surface area contributed by atoms with Crippen LogP contribution in [-0.4, -0.2) is 53.5 Å². The van der Waals surface area contributed by atoms with Gasteiger partial charge in [0.25, 0.3) is 0 Å². The number of nitrogens with zero attached hydrogens (tertiary/aromatic N) is 1. The highest BCUT2D eigenvalue weighted by atomic mass is 16.6. The Hall–Kier alpha value is -0.810. The third-order valence-electron chi connectivity index (χ3n) is 3.87. The van der Waals surface area contributed by atoms with Crippen LogP contribution in [0.5, 0.6) is 0 Å². The van der Waals surface area contributed by atoms with Gasteiger partial charge in [0.15, 0.2) is 0 Å². The van der Waals surface area contributed by atoms with Gasteiger partial charge >= 0.3 is 6.09 Å². The van der Waals surface area contributed by atoms with Crippen LogP contribution in [0.15, 0.2) is 0 Å². The standard InChI is InChI=1S/C16H32N2O3/c1-12(2)14(11-19)17-10-13-8-6-7-9-18(13)15(20)21-16(3,4)5/h12-14,17,19H,6-11H2,1-5H3. The molecule has 21 heavy (non-hydrogen) atoms. The van der Waals surface area contributed by atoms with Gasteiger partial charge in [0.1, 0.15) is 5.60 Å². The van der Waals surface area contributed by atoms with E-state index in [9.17, 15) is 9.90 Å². The number of carbonyl (C=O) groups is 1. The van der Waals surface area contributed by atoms with E-state index in [1.54, 1.807) is 0 Å². The normalized spacial score (nSPS) is 21.5. The van der Waals surface area contributed by atoms with Gasteiger partial charge in [-0.3, -0.25) is 0 Å². The monoisotopic (exact) mass is 300 g/mol. The van der Waals surface area contributed by atoms with E-state index in [2.05, 4.69) is 19.2 Å². The van der Waals surface area contributed by atoms with E-state index in [4.69, 9.17) is 4.74 Å². The van der Waals surface area contributed by atoms with Gasteiger partial charge in [-0.25, -0.2) is 4.79 Å². The van der Waals surface area contributed by atoms with E-state index in [-0.39, 0.29) is 24.8 Å². The van der Waals surface area contributed by atoms with Crippen molar-refractivity contribution in [3.05, 3.63) is 0 Å². The molecular weight excluding hydrogens is 268 g/mol. The smallest absolute Gasteiger partial charge is 0.410 e. The first-order valence-corrected chi connectivity index (χ1v) is 8.08. The molecule has 5 nitrogen and oxygen atoms in total. The van der Waals surface area contributed by atoms with Crippen molar-refractivity contribution in [1.82, 2.24) is 10.2 Å². The minimum absolute atomic E-state index is 0.0763. The number of likely N-dealkylation sites (tertiary alicyclic amines) is 1. The van der Waals surface area contributed by atoms with E-state index in [1.807, 2.05) is 25.7 Å². The van der Waals surface area contributed by atoms with Gasteiger partial charge in [-0.05, 0) is 46.0 Å². The molecule has 1 fully saturated rings. The molecule has 1 aliphatic rings. The fourth-order valence-corrected chi connectivity index (χ4v) is 2.57. The highest BCUT2D eigenvalue weighted by molar-refractivity contribution is 5.68. The summed E-state index contributed by atoms with van der Waals surface area (Å²) in [6, 6.07) is 0.230. The van der Waals surface area contributed by atoms with Crippen LogP contribution < -0.4 is 5.32 Å². The summed E-state index contributed by atoms with van der Waals surface area (Å²) in [7, 11) is 0. The van der Waals surface area contributed by atoms with Crippen LogP contribution in [-0.2, 0) is 4.74 Å². The molecule has 2 N–H and O–H groups in total. The maximum absolute atomic E-state index is 12.3. The summed E-state index contributed by atoms with van der Waals surface area (Å²) in [6.45, 7) is 11.4. The second kappa shape index (κ2) is 7.99. The zero-order chi connectivity index (χ0) is 16.0. The van der Waals surface area contributed by atoms with Gasteiger partial charge in [-0.2, -0.15) is 0 Å². The van der Waals surface area contributed by atoms with E-state index >= 15 is 0 Å². The summed E-state index contributed by atoms with van der Waals surface area (Å²) < 4.78 is 5.50. The second-order valence-corrected chi connectivity index (χ2v) is 7.26. The van der Waals surface area contributed by atoms with Gasteiger partial charge in [-0.15, -0.1) is 0 Å². The minimum atomic E-state index is -0.460. The number of aliphatic hydroxyl groups excluding tert-OH is 1. The quantitative estimate of drug-likeness (QED) is 0.818. The molecular formula is C16H32N2O3. The van der Waals surface area contributed by atoms with E-state index in [0.29, 0.717) is 12.5 Å². The minimum Gasteiger partial charge on any atom is -0.444 e. The molecule has 5 heteroatoms.